The highest BCUT2D eigenvalue weighted by Crippen LogP contribution is 2.19. The van der Waals surface area contributed by atoms with Crippen molar-refractivity contribution in [1.82, 2.24) is 25.0 Å². The Hall–Kier alpha value is -2.67. The van der Waals surface area contributed by atoms with E-state index in [2.05, 4.69) is 56.8 Å². The molecule has 1 saturated heterocycles. The number of aryl methyl sites for hydroxylation is 1. The van der Waals surface area contributed by atoms with E-state index in [0.717, 1.165) is 50.1 Å². The highest BCUT2D eigenvalue weighted by Gasteiger charge is 2.18. The van der Waals surface area contributed by atoms with Crippen molar-refractivity contribution in [1.29, 1.82) is 0 Å². The summed E-state index contributed by atoms with van der Waals surface area (Å²) in [5, 5.41) is 11.8. The van der Waals surface area contributed by atoms with Crippen LogP contribution in [0.1, 0.15) is 30.1 Å². The summed E-state index contributed by atoms with van der Waals surface area (Å²) in [6.07, 6.45) is 4.40. The maximum Gasteiger partial charge on any atom is 0.194 e. The summed E-state index contributed by atoms with van der Waals surface area (Å²) in [6, 6.07) is 10.5. The Balaban J connectivity index is 1.64. The van der Waals surface area contributed by atoms with E-state index < -0.39 is 0 Å². The molecule has 1 aromatic carbocycles. The van der Waals surface area contributed by atoms with E-state index in [1.165, 1.54) is 11.1 Å². The van der Waals surface area contributed by atoms with Crippen LogP contribution in [0.2, 0.25) is 0 Å². The molecule has 2 aromatic rings. The van der Waals surface area contributed by atoms with Crippen LogP contribution in [-0.4, -0.2) is 59.0 Å². The molecule has 3 rings (SSSR count). The summed E-state index contributed by atoms with van der Waals surface area (Å²) in [5.74, 6) is 2.68. The summed E-state index contributed by atoms with van der Waals surface area (Å²) < 4.78 is 7.16. The van der Waals surface area contributed by atoms with Gasteiger partial charge in [0.05, 0.1) is 6.61 Å². The Bertz CT molecular complexity index is 802. The molecule has 2 heterocycles. The minimum atomic E-state index is 0.510. The van der Waals surface area contributed by atoms with Crippen LogP contribution in [0.4, 0.5) is 0 Å². The number of rotatable bonds is 6. The lowest BCUT2D eigenvalue weighted by Crippen LogP contribution is -2.45. The summed E-state index contributed by atoms with van der Waals surface area (Å²) in [7, 11) is 3.68. The van der Waals surface area contributed by atoms with Crippen molar-refractivity contribution < 1.29 is 4.74 Å². The second-order valence-corrected chi connectivity index (χ2v) is 6.98. The zero-order valence-corrected chi connectivity index (χ0v) is 17.1. The van der Waals surface area contributed by atoms with E-state index in [1.54, 1.807) is 7.11 Å². The van der Waals surface area contributed by atoms with Crippen molar-refractivity contribution in [2.45, 2.75) is 26.3 Å². The fraction of sp³-hybridized carbons (Fsp3) is 0.476. The van der Waals surface area contributed by atoms with E-state index in [4.69, 9.17) is 9.73 Å². The molecule has 0 atom stereocenters. The SMILES string of the molecule is COCCNC(=NCc1nnc(C)n1C)N1CCC(=Cc2ccccc2)CC1. The fourth-order valence-corrected chi connectivity index (χ4v) is 3.20. The first-order valence-corrected chi connectivity index (χ1v) is 9.79. The first-order chi connectivity index (χ1) is 13.7. The van der Waals surface area contributed by atoms with Gasteiger partial charge in [-0.25, -0.2) is 4.99 Å². The summed E-state index contributed by atoms with van der Waals surface area (Å²) >= 11 is 0. The number of piperidine rings is 1. The van der Waals surface area contributed by atoms with Crippen molar-refractivity contribution in [2.24, 2.45) is 12.0 Å². The normalized spacial score (nSPS) is 15.0. The number of hydrogen-bond acceptors (Lipinski definition) is 4. The van der Waals surface area contributed by atoms with Gasteiger partial charge in [-0.05, 0) is 25.3 Å². The summed E-state index contributed by atoms with van der Waals surface area (Å²) in [4.78, 5) is 7.13. The molecule has 1 aromatic heterocycles. The van der Waals surface area contributed by atoms with Crippen molar-refractivity contribution in [3.8, 4) is 0 Å². The zero-order valence-electron chi connectivity index (χ0n) is 17.1. The second-order valence-electron chi connectivity index (χ2n) is 6.98. The quantitative estimate of drug-likeness (QED) is 0.472. The van der Waals surface area contributed by atoms with Crippen LogP contribution < -0.4 is 5.32 Å². The lowest BCUT2D eigenvalue weighted by Gasteiger charge is -2.31. The molecule has 150 valence electrons. The Labute approximate surface area is 167 Å². The standard InChI is InChI=1S/C21H30N6O/c1-17-24-25-20(26(17)2)16-23-21(22-11-14-28-3)27-12-9-19(10-13-27)15-18-7-5-4-6-8-18/h4-8,15H,9-14,16H2,1-3H3,(H,22,23). The number of methoxy groups -OCH3 is 1. The Morgan fingerprint density at radius 3 is 2.61 bits per heavy atom. The molecule has 0 saturated carbocycles. The molecule has 0 aliphatic carbocycles. The third-order valence-electron chi connectivity index (χ3n) is 5.02. The topological polar surface area (TPSA) is 67.6 Å². The smallest absolute Gasteiger partial charge is 0.194 e. The van der Waals surface area contributed by atoms with Crippen LogP contribution in [0.25, 0.3) is 6.08 Å². The van der Waals surface area contributed by atoms with Crippen LogP contribution in [-0.2, 0) is 18.3 Å². The summed E-state index contributed by atoms with van der Waals surface area (Å²) in [5.41, 5.74) is 2.76. The van der Waals surface area contributed by atoms with Crippen LogP contribution in [0.15, 0.2) is 40.9 Å². The van der Waals surface area contributed by atoms with Gasteiger partial charge in [0.2, 0.25) is 0 Å². The Morgan fingerprint density at radius 1 is 1.21 bits per heavy atom. The number of likely N-dealkylation sites (tertiary alicyclic amines) is 1. The largest absolute Gasteiger partial charge is 0.383 e. The molecular formula is C21H30N6O. The molecular weight excluding hydrogens is 352 g/mol. The fourth-order valence-electron chi connectivity index (χ4n) is 3.20. The number of benzene rings is 1. The van der Waals surface area contributed by atoms with Gasteiger partial charge in [0, 0.05) is 33.8 Å². The second kappa shape index (κ2) is 10.0. The summed E-state index contributed by atoms with van der Waals surface area (Å²) in [6.45, 7) is 5.75. The van der Waals surface area contributed by atoms with Gasteiger partial charge in [0.1, 0.15) is 12.4 Å². The number of nitrogens with one attached hydrogen (secondary N) is 1. The molecule has 1 aliphatic rings. The minimum absolute atomic E-state index is 0.510. The van der Waals surface area contributed by atoms with Gasteiger partial charge < -0.3 is 19.5 Å². The minimum Gasteiger partial charge on any atom is -0.383 e. The highest BCUT2D eigenvalue weighted by molar-refractivity contribution is 5.80. The van der Waals surface area contributed by atoms with Crippen LogP contribution in [0.5, 0.6) is 0 Å². The van der Waals surface area contributed by atoms with Crippen molar-refractivity contribution in [3.63, 3.8) is 0 Å². The first-order valence-electron chi connectivity index (χ1n) is 9.79. The van der Waals surface area contributed by atoms with Crippen LogP contribution in [0, 0.1) is 6.92 Å². The molecule has 7 nitrogen and oxygen atoms in total. The lowest BCUT2D eigenvalue weighted by atomic mass is 10.0. The van der Waals surface area contributed by atoms with Crippen molar-refractivity contribution in [3.05, 3.63) is 53.1 Å². The number of aromatic nitrogens is 3. The zero-order chi connectivity index (χ0) is 19.8. The molecule has 7 heteroatoms. The number of ether oxygens (including phenoxy) is 1. The molecule has 0 spiro atoms. The van der Waals surface area contributed by atoms with Gasteiger partial charge in [-0.3, -0.25) is 0 Å². The van der Waals surface area contributed by atoms with Crippen molar-refractivity contribution >= 4 is 12.0 Å². The molecule has 0 bridgehead atoms. The van der Waals surface area contributed by atoms with Crippen molar-refractivity contribution in [2.75, 3.05) is 33.4 Å². The van der Waals surface area contributed by atoms with Gasteiger partial charge >= 0.3 is 0 Å². The van der Waals surface area contributed by atoms with E-state index >= 15 is 0 Å². The predicted molar refractivity (Wildman–Crippen MR) is 112 cm³/mol. The highest BCUT2D eigenvalue weighted by atomic mass is 16.5. The molecule has 0 amide bonds. The molecule has 28 heavy (non-hydrogen) atoms. The maximum atomic E-state index is 5.18. The average molecular weight is 383 g/mol. The molecule has 0 radical (unpaired) electrons. The van der Waals surface area contributed by atoms with Gasteiger partial charge in [-0.1, -0.05) is 42.0 Å². The van der Waals surface area contributed by atoms with Crippen LogP contribution >= 0.6 is 0 Å². The number of guanidine groups is 1. The predicted octanol–water partition coefficient (Wildman–Crippen LogP) is 2.39. The van der Waals surface area contributed by atoms with E-state index in [9.17, 15) is 0 Å². The number of aliphatic imine (C=N–C) groups is 1. The van der Waals surface area contributed by atoms with E-state index in [-0.39, 0.29) is 0 Å². The maximum absolute atomic E-state index is 5.18. The van der Waals surface area contributed by atoms with Gasteiger partial charge in [-0.2, -0.15) is 0 Å². The Morgan fingerprint density at radius 2 is 1.96 bits per heavy atom. The average Bonchev–Trinajstić information content (AvgIpc) is 3.04. The number of hydrogen-bond donors (Lipinski definition) is 1. The third-order valence-corrected chi connectivity index (χ3v) is 5.02. The lowest BCUT2D eigenvalue weighted by molar-refractivity contribution is 0.202. The molecule has 1 N–H and O–H groups in total. The molecule has 1 fully saturated rings. The monoisotopic (exact) mass is 382 g/mol. The molecule has 1 aliphatic heterocycles. The van der Waals surface area contributed by atoms with Gasteiger partial charge in [-0.15, -0.1) is 10.2 Å². The third kappa shape index (κ3) is 5.42. The van der Waals surface area contributed by atoms with Gasteiger partial charge in [0.15, 0.2) is 11.8 Å². The Kier molecular flexibility index (Phi) is 7.19. The van der Waals surface area contributed by atoms with Gasteiger partial charge in [0.25, 0.3) is 0 Å². The molecule has 0 unspecified atom stereocenters. The number of nitrogens with zero attached hydrogens (tertiary/aromatic N) is 5. The van der Waals surface area contributed by atoms with E-state index in [0.29, 0.717) is 13.2 Å². The van der Waals surface area contributed by atoms with Crippen LogP contribution in [0.3, 0.4) is 0 Å². The first kappa shape index (κ1) is 20.1. The van der Waals surface area contributed by atoms with E-state index in [1.807, 2.05) is 18.5 Å².